The zero-order valence-corrected chi connectivity index (χ0v) is 11.1. The van der Waals surface area contributed by atoms with Crippen molar-refractivity contribution in [1.29, 1.82) is 0 Å². The van der Waals surface area contributed by atoms with Crippen molar-refractivity contribution >= 4 is 51.7 Å². The molecule has 0 aliphatic carbocycles. The van der Waals surface area contributed by atoms with Crippen LogP contribution in [0.3, 0.4) is 0 Å². The van der Waals surface area contributed by atoms with Crippen LogP contribution in [0.15, 0.2) is 19.8 Å². The second kappa shape index (κ2) is 4.70. The number of halogens is 2. The number of carboxylic acids is 1. The molecule has 2 unspecified atom stereocenters. The fraction of sp³-hybridized carbons (Fsp3) is 0.444. The summed E-state index contributed by atoms with van der Waals surface area (Å²) in [6, 6.07) is 0. The second-order valence-corrected chi connectivity index (χ2v) is 5.14. The third kappa shape index (κ3) is 2.22. The van der Waals surface area contributed by atoms with Crippen LogP contribution in [0.5, 0.6) is 0 Å². The van der Waals surface area contributed by atoms with E-state index in [0.717, 1.165) is 3.58 Å². The van der Waals surface area contributed by atoms with Gasteiger partial charge in [0.2, 0.25) is 0 Å². The maximum absolute atomic E-state index is 10.5. The van der Waals surface area contributed by atoms with Crippen LogP contribution in [-0.4, -0.2) is 40.2 Å². The summed E-state index contributed by atoms with van der Waals surface area (Å²) in [5, 5.41) is 9.16. The molecule has 2 aliphatic heterocycles. The summed E-state index contributed by atoms with van der Waals surface area (Å²) >= 11 is 8.20. The number of hydrogen-bond donors (Lipinski definition) is 1. The van der Waals surface area contributed by atoms with Gasteiger partial charge in [0, 0.05) is 16.3 Å². The largest absolute Gasteiger partial charge is 0.481 e. The zero-order valence-electron chi connectivity index (χ0n) is 8.18. The first-order valence-corrected chi connectivity index (χ1v) is 6.15. The SMILES string of the molecule is O=C(O)CCN1C=C(I)C2C(Cl)=NC=NC21. The van der Waals surface area contributed by atoms with E-state index in [-0.39, 0.29) is 18.5 Å². The molecule has 7 heteroatoms. The summed E-state index contributed by atoms with van der Waals surface area (Å²) in [5.41, 5.74) is 0. The van der Waals surface area contributed by atoms with Crippen LogP contribution in [0.2, 0.25) is 0 Å². The van der Waals surface area contributed by atoms with Gasteiger partial charge in [-0.3, -0.25) is 4.79 Å². The molecule has 0 spiro atoms. The summed E-state index contributed by atoms with van der Waals surface area (Å²) in [4.78, 5) is 20.6. The Morgan fingerprint density at radius 3 is 3.12 bits per heavy atom. The molecule has 0 aromatic heterocycles. The van der Waals surface area contributed by atoms with E-state index in [9.17, 15) is 4.79 Å². The van der Waals surface area contributed by atoms with Crippen LogP contribution in [-0.2, 0) is 4.79 Å². The standard InChI is InChI=1S/C9H9ClIN3O2/c10-8-7-5(11)3-14(2-1-6(15)16)9(7)13-4-12-8/h3-4,7,9H,1-2H2,(H,15,16). The van der Waals surface area contributed by atoms with E-state index in [1.807, 2.05) is 11.1 Å². The van der Waals surface area contributed by atoms with Gasteiger partial charge in [-0.25, -0.2) is 9.98 Å². The van der Waals surface area contributed by atoms with Gasteiger partial charge in [-0.2, -0.15) is 0 Å². The van der Waals surface area contributed by atoms with Gasteiger partial charge >= 0.3 is 5.97 Å². The van der Waals surface area contributed by atoms with E-state index in [0.29, 0.717) is 11.7 Å². The lowest BCUT2D eigenvalue weighted by atomic mass is 10.1. The summed E-state index contributed by atoms with van der Waals surface area (Å²) in [6.45, 7) is 0.435. The molecule has 2 atom stereocenters. The number of rotatable bonds is 3. The molecule has 0 fully saturated rings. The van der Waals surface area contributed by atoms with Crippen LogP contribution in [0, 0.1) is 5.92 Å². The lowest BCUT2D eigenvalue weighted by Crippen LogP contribution is -2.36. The summed E-state index contributed by atoms with van der Waals surface area (Å²) < 4.78 is 1.04. The van der Waals surface area contributed by atoms with Gasteiger partial charge in [0.15, 0.2) is 0 Å². The number of carbonyl (C=O) groups is 1. The molecule has 16 heavy (non-hydrogen) atoms. The third-order valence-corrected chi connectivity index (χ3v) is 3.75. The van der Waals surface area contributed by atoms with E-state index >= 15 is 0 Å². The Morgan fingerprint density at radius 1 is 1.69 bits per heavy atom. The predicted octanol–water partition coefficient (Wildman–Crippen LogP) is 1.67. The molecule has 0 aromatic carbocycles. The van der Waals surface area contributed by atoms with Gasteiger partial charge in [-0.1, -0.05) is 11.6 Å². The van der Waals surface area contributed by atoms with Crippen molar-refractivity contribution < 1.29 is 9.90 Å². The topological polar surface area (TPSA) is 65.3 Å². The Kier molecular flexibility index (Phi) is 3.48. The molecule has 86 valence electrons. The molecule has 0 saturated carbocycles. The highest BCUT2D eigenvalue weighted by Gasteiger charge is 2.38. The van der Waals surface area contributed by atoms with Gasteiger partial charge in [0.25, 0.3) is 0 Å². The lowest BCUT2D eigenvalue weighted by Gasteiger charge is -2.26. The molecule has 0 bridgehead atoms. The normalized spacial score (nSPS) is 27.5. The van der Waals surface area contributed by atoms with Crippen molar-refractivity contribution in [3.05, 3.63) is 9.78 Å². The molecule has 0 radical (unpaired) electrons. The van der Waals surface area contributed by atoms with E-state index in [1.165, 1.54) is 6.34 Å². The number of fused-ring (bicyclic) bond motifs is 1. The van der Waals surface area contributed by atoms with Crippen molar-refractivity contribution in [2.24, 2.45) is 15.9 Å². The minimum atomic E-state index is -0.814. The van der Waals surface area contributed by atoms with E-state index in [1.54, 1.807) is 0 Å². The number of nitrogens with zero attached hydrogens (tertiary/aromatic N) is 3. The van der Waals surface area contributed by atoms with Crippen LogP contribution >= 0.6 is 34.2 Å². The van der Waals surface area contributed by atoms with Crippen molar-refractivity contribution in [2.75, 3.05) is 6.54 Å². The highest BCUT2D eigenvalue weighted by Crippen LogP contribution is 2.36. The zero-order chi connectivity index (χ0) is 11.7. The maximum atomic E-state index is 10.5. The number of carboxylic acid groups (broad SMARTS) is 1. The van der Waals surface area contributed by atoms with Crippen molar-refractivity contribution in [3.63, 3.8) is 0 Å². The van der Waals surface area contributed by atoms with Crippen molar-refractivity contribution in [1.82, 2.24) is 4.90 Å². The number of aliphatic carboxylic acids is 1. The molecule has 2 aliphatic rings. The van der Waals surface area contributed by atoms with Gasteiger partial charge in [0.05, 0.1) is 12.3 Å². The van der Waals surface area contributed by atoms with E-state index in [4.69, 9.17) is 16.7 Å². The lowest BCUT2D eigenvalue weighted by molar-refractivity contribution is -0.137. The molecule has 1 N–H and O–H groups in total. The van der Waals surface area contributed by atoms with Crippen molar-refractivity contribution in [2.45, 2.75) is 12.6 Å². The third-order valence-electron chi connectivity index (χ3n) is 2.47. The molecule has 2 rings (SSSR count). The van der Waals surface area contributed by atoms with E-state index in [2.05, 4.69) is 32.6 Å². The summed E-state index contributed by atoms with van der Waals surface area (Å²) in [7, 11) is 0. The Balaban J connectivity index is 2.11. The maximum Gasteiger partial charge on any atom is 0.305 e. The monoisotopic (exact) mass is 353 g/mol. The fourth-order valence-electron chi connectivity index (χ4n) is 1.72. The highest BCUT2D eigenvalue weighted by molar-refractivity contribution is 14.1. The molecule has 0 saturated heterocycles. The fourth-order valence-corrected chi connectivity index (χ4v) is 3.15. The Morgan fingerprint density at radius 2 is 2.44 bits per heavy atom. The Hall–Kier alpha value is -0.630. The Bertz CT molecular complexity index is 408. The van der Waals surface area contributed by atoms with Gasteiger partial charge in [0.1, 0.15) is 17.7 Å². The number of aliphatic imine (C=N–C) groups is 2. The molecule has 0 aromatic rings. The van der Waals surface area contributed by atoms with Crippen LogP contribution in [0.4, 0.5) is 0 Å². The van der Waals surface area contributed by atoms with E-state index < -0.39 is 5.97 Å². The van der Waals surface area contributed by atoms with Gasteiger partial charge < -0.3 is 10.0 Å². The first-order valence-electron chi connectivity index (χ1n) is 4.69. The smallest absolute Gasteiger partial charge is 0.305 e. The number of hydrogen-bond acceptors (Lipinski definition) is 4. The summed E-state index contributed by atoms with van der Waals surface area (Å²) in [6.07, 6.45) is 3.30. The van der Waals surface area contributed by atoms with Crippen molar-refractivity contribution in [3.8, 4) is 0 Å². The molecular weight excluding hydrogens is 344 g/mol. The average Bonchev–Trinajstić information content (AvgIpc) is 2.54. The minimum Gasteiger partial charge on any atom is -0.481 e. The predicted molar refractivity (Wildman–Crippen MR) is 70.1 cm³/mol. The molecule has 2 heterocycles. The Labute approximate surface area is 111 Å². The summed E-state index contributed by atoms with van der Waals surface area (Å²) in [5.74, 6) is -0.840. The van der Waals surface area contributed by atoms with Gasteiger partial charge in [-0.05, 0) is 22.6 Å². The minimum absolute atomic E-state index is 0.0268. The molecule has 5 nitrogen and oxygen atoms in total. The van der Waals surface area contributed by atoms with Crippen LogP contribution in [0.1, 0.15) is 6.42 Å². The highest BCUT2D eigenvalue weighted by atomic mass is 127. The molecule has 0 amide bonds. The van der Waals surface area contributed by atoms with Gasteiger partial charge in [-0.15, -0.1) is 0 Å². The van der Waals surface area contributed by atoms with Crippen LogP contribution < -0.4 is 0 Å². The molecular formula is C9H9ClIN3O2. The first-order chi connectivity index (χ1) is 7.59. The quantitative estimate of drug-likeness (QED) is 0.785. The second-order valence-electron chi connectivity index (χ2n) is 3.50. The first kappa shape index (κ1) is 11.8. The van der Waals surface area contributed by atoms with Crippen LogP contribution in [0.25, 0.3) is 0 Å². The average molecular weight is 354 g/mol.